The molecule has 2 aromatic heterocycles. The van der Waals surface area contributed by atoms with E-state index in [1.165, 1.54) is 0 Å². The first-order valence-corrected chi connectivity index (χ1v) is 12.2. The zero-order valence-electron chi connectivity index (χ0n) is 18.8. The minimum Gasteiger partial charge on any atom is -0.377 e. The smallest absolute Gasteiger partial charge is 0.103 e. The maximum atomic E-state index is 13.2. The first-order chi connectivity index (χ1) is 15.9. The van der Waals surface area contributed by atoms with Crippen molar-refractivity contribution >= 4 is 28.2 Å². The average Bonchev–Trinajstić information content (AvgIpc) is 3.37. The van der Waals surface area contributed by atoms with Crippen LogP contribution in [0.3, 0.4) is 0 Å². The van der Waals surface area contributed by atoms with Gasteiger partial charge in [0.05, 0.1) is 65.8 Å². The van der Waals surface area contributed by atoms with Gasteiger partial charge in [0.25, 0.3) is 0 Å². The monoisotopic (exact) mass is 470 g/mol. The van der Waals surface area contributed by atoms with E-state index in [0.29, 0.717) is 0 Å². The quantitative estimate of drug-likeness (QED) is 0.570. The predicted molar refractivity (Wildman–Crippen MR) is 125 cm³/mol. The van der Waals surface area contributed by atoms with Crippen molar-refractivity contribution in [3.8, 4) is 5.69 Å². The van der Waals surface area contributed by atoms with Crippen molar-refractivity contribution in [3.05, 3.63) is 35.7 Å². The molecule has 2 bridgehead atoms. The first-order valence-electron chi connectivity index (χ1n) is 11.8. The van der Waals surface area contributed by atoms with Gasteiger partial charge in [0.1, 0.15) is 5.69 Å². The Morgan fingerprint density at radius 2 is 1.82 bits per heavy atom. The molecular weight excluding hydrogens is 443 g/mol. The van der Waals surface area contributed by atoms with E-state index in [0.717, 1.165) is 86.0 Å². The Balaban J connectivity index is 1.15. The Labute approximate surface area is 197 Å². The van der Waals surface area contributed by atoms with Gasteiger partial charge in [0, 0.05) is 37.0 Å². The molecule has 33 heavy (non-hydrogen) atoms. The third-order valence-corrected chi connectivity index (χ3v) is 8.84. The van der Waals surface area contributed by atoms with Gasteiger partial charge in [-0.25, -0.2) is 4.68 Å². The van der Waals surface area contributed by atoms with Gasteiger partial charge in [-0.2, -0.15) is 10.2 Å². The summed E-state index contributed by atoms with van der Waals surface area (Å²) in [7, 11) is 0. The van der Waals surface area contributed by atoms with Crippen molar-refractivity contribution < 1.29 is 9.13 Å². The maximum absolute atomic E-state index is 13.2. The molecule has 0 amide bonds. The number of piperazine rings is 1. The molecule has 174 valence electrons. The van der Waals surface area contributed by atoms with Gasteiger partial charge in [-0.1, -0.05) is 11.6 Å². The fraction of sp³-hybridized carbons (Fsp3) is 0.583. The van der Waals surface area contributed by atoms with Gasteiger partial charge in [-0.15, -0.1) is 0 Å². The molecule has 0 N–H and O–H groups in total. The summed E-state index contributed by atoms with van der Waals surface area (Å²) in [5.41, 5.74) is 3.14. The number of hydrogen-bond acceptors (Lipinski definition) is 5. The molecule has 8 rings (SSSR count). The molecule has 3 aromatic rings. The van der Waals surface area contributed by atoms with E-state index in [2.05, 4.69) is 39.2 Å². The van der Waals surface area contributed by atoms with Crippen molar-refractivity contribution in [1.82, 2.24) is 24.5 Å². The first kappa shape index (κ1) is 20.2. The molecule has 5 fully saturated rings. The minimum absolute atomic E-state index is 0.0174. The van der Waals surface area contributed by atoms with Gasteiger partial charge >= 0.3 is 0 Å². The number of benzene rings is 1. The van der Waals surface area contributed by atoms with E-state index in [1.807, 2.05) is 27.8 Å². The van der Waals surface area contributed by atoms with Crippen LogP contribution >= 0.6 is 11.6 Å². The molecule has 3 saturated carbocycles. The topological polar surface area (TPSA) is 51.3 Å². The highest BCUT2D eigenvalue weighted by Gasteiger charge is 2.69. The lowest BCUT2D eigenvalue weighted by atomic mass is 9.40. The van der Waals surface area contributed by atoms with Crippen LogP contribution in [0.15, 0.2) is 30.7 Å². The molecule has 0 spiro atoms. The Morgan fingerprint density at radius 1 is 1.06 bits per heavy atom. The second-order valence-electron chi connectivity index (χ2n) is 10.9. The highest BCUT2D eigenvalue weighted by Crippen LogP contribution is 2.71. The van der Waals surface area contributed by atoms with Crippen LogP contribution in [-0.2, 0) is 10.3 Å². The fourth-order valence-corrected chi connectivity index (χ4v) is 6.85. The molecule has 0 radical (unpaired) electrons. The zero-order chi connectivity index (χ0) is 22.4. The summed E-state index contributed by atoms with van der Waals surface area (Å²) in [5, 5.41) is 11.0. The summed E-state index contributed by atoms with van der Waals surface area (Å²) in [6, 6.07) is 4.17. The number of halogens is 2. The number of alkyl halides is 1. The van der Waals surface area contributed by atoms with E-state index in [-0.39, 0.29) is 23.2 Å². The third-order valence-electron chi connectivity index (χ3n) is 8.54. The fourth-order valence-electron chi connectivity index (χ4n) is 6.56. The highest BCUT2D eigenvalue weighted by atomic mass is 35.5. The van der Waals surface area contributed by atoms with Crippen molar-refractivity contribution in [2.45, 2.75) is 37.3 Å². The predicted octanol–water partition coefficient (Wildman–Crippen LogP) is 3.64. The second-order valence-corrected chi connectivity index (χ2v) is 11.3. The van der Waals surface area contributed by atoms with Crippen LogP contribution in [-0.4, -0.2) is 76.1 Å². The number of fused-ring (bicyclic) bond motifs is 1. The number of aromatic nitrogens is 4. The summed E-state index contributed by atoms with van der Waals surface area (Å²) in [4.78, 5) is 4.91. The molecule has 3 aliphatic carbocycles. The minimum atomic E-state index is -0.211. The number of hydrogen-bond donors (Lipinski definition) is 0. The number of nitrogens with zero attached hydrogens (tertiary/aromatic N) is 6. The molecule has 7 nitrogen and oxygen atoms in total. The van der Waals surface area contributed by atoms with Crippen molar-refractivity contribution in [1.29, 1.82) is 0 Å². The van der Waals surface area contributed by atoms with E-state index < -0.39 is 0 Å². The Hall–Kier alpha value is -2.16. The van der Waals surface area contributed by atoms with Gasteiger partial charge in [-0.05, 0) is 38.3 Å². The number of ether oxygens (including phenoxy) is 1. The van der Waals surface area contributed by atoms with Crippen molar-refractivity contribution in [3.63, 3.8) is 0 Å². The molecule has 9 heteroatoms. The molecule has 0 atom stereocenters. The molecule has 4 heterocycles. The molecule has 1 aromatic carbocycles. The van der Waals surface area contributed by atoms with E-state index >= 15 is 0 Å². The van der Waals surface area contributed by atoms with Crippen molar-refractivity contribution in [2.75, 3.05) is 51.0 Å². The molecular formula is C24H28ClFN6O. The van der Waals surface area contributed by atoms with Gasteiger partial charge in [0.2, 0.25) is 0 Å². The zero-order valence-corrected chi connectivity index (χ0v) is 19.6. The van der Waals surface area contributed by atoms with Crippen molar-refractivity contribution in [2.24, 2.45) is 5.41 Å². The summed E-state index contributed by atoms with van der Waals surface area (Å²) in [6.45, 7) is 7.60. The van der Waals surface area contributed by atoms with Crippen LogP contribution in [0.1, 0.15) is 26.2 Å². The second kappa shape index (κ2) is 6.71. The Morgan fingerprint density at radius 3 is 2.48 bits per heavy atom. The summed E-state index contributed by atoms with van der Waals surface area (Å²) < 4.78 is 22.6. The average molecular weight is 471 g/mol. The summed E-state index contributed by atoms with van der Waals surface area (Å²) >= 11 is 6.72. The molecule has 2 saturated heterocycles. The van der Waals surface area contributed by atoms with Crippen LogP contribution in [0.4, 0.5) is 10.1 Å². The standard InChI is InChI=1S/C24H28ClFN6O/c1-22(15-33-16-22)30-4-2-29(3-5-30)21-7-20-17(6-19(21)25)8-28-32(20)18-9-27-31(10-18)24-11-23(12-24,13-24)14-26/h6-10H,2-5,11-16H2,1H3. The maximum Gasteiger partial charge on any atom is 0.103 e. The molecule has 0 unspecified atom stereocenters. The number of anilines is 1. The van der Waals surface area contributed by atoms with Crippen LogP contribution in [0.2, 0.25) is 5.02 Å². The lowest BCUT2D eigenvalue weighted by Crippen LogP contribution is -2.68. The van der Waals surface area contributed by atoms with E-state index in [1.54, 1.807) is 0 Å². The van der Waals surface area contributed by atoms with Gasteiger partial charge < -0.3 is 9.64 Å². The normalized spacial score (nSPS) is 30.7. The van der Waals surface area contributed by atoms with Crippen LogP contribution in [0.25, 0.3) is 16.6 Å². The summed E-state index contributed by atoms with van der Waals surface area (Å²) in [6.07, 6.45) is 8.47. The number of rotatable bonds is 5. The van der Waals surface area contributed by atoms with Crippen LogP contribution in [0.5, 0.6) is 0 Å². The molecule has 2 aliphatic heterocycles. The Kier molecular flexibility index (Phi) is 4.11. The Bertz CT molecular complexity index is 1220. The summed E-state index contributed by atoms with van der Waals surface area (Å²) in [5.74, 6) is 0. The van der Waals surface area contributed by atoms with Crippen LogP contribution in [0, 0.1) is 5.41 Å². The van der Waals surface area contributed by atoms with E-state index in [9.17, 15) is 4.39 Å². The van der Waals surface area contributed by atoms with E-state index in [4.69, 9.17) is 16.3 Å². The SMILES string of the molecule is CC1(N2CCN(c3cc4c(cnn4-c4cnn(C56CC(CF)(C5)C6)c4)cc3Cl)CC2)COC1. The van der Waals surface area contributed by atoms with Crippen LogP contribution < -0.4 is 4.90 Å². The third kappa shape index (κ3) is 2.80. The largest absolute Gasteiger partial charge is 0.377 e. The lowest BCUT2D eigenvalue weighted by Gasteiger charge is -2.69. The van der Waals surface area contributed by atoms with Gasteiger partial charge in [0.15, 0.2) is 0 Å². The lowest BCUT2D eigenvalue weighted by molar-refractivity contribution is -0.201. The van der Waals surface area contributed by atoms with Gasteiger partial charge in [-0.3, -0.25) is 14.0 Å². The highest BCUT2D eigenvalue weighted by molar-refractivity contribution is 6.34. The molecule has 5 aliphatic rings.